The van der Waals surface area contributed by atoms with E-state index in [9.17, 15) is 28.8 Å². The van der Waals surface area contributed by atoms with Gasteiger partial charge in [-0.3, -0.25) is 33.8 Å². The molecule has 2 aromatic rings. The highest BCUT2D eigenvalue weighted by Crippen LogP contribution is 2.23. The van der Waals surface area contributed by atoms with Crippen molar-refractivity contribution in [1.29, 1.82) is 0 Å². The molecule has 45 heavy (non-hydrogen) atoms. The molecule has 3 rings (SSSR count). The van der Waals surface area contributed by atoms with E-state index in [0.29, 0.717) is 12.2 Å². The summed E-state index contributed by atoms with van der Waals surface area (Å²) in [6, 6.07) is 13.8. The van der Waals surface area contributed by atoms with Gasteiger partial charge < -0.3 is 43.4 Å². The molecule has 1 aliphatic heterocycles. The number of hydrogen-bond acceptors (Lipinski definition) is 7. The number of hydrogen-bond donors (Lipinski definition) is 8. The van der Waals surface area contributed by atoms with Gasteiger partial charge in [-0.05, 0) is 37.1 Å². The summed E-state index contributed by atoms with van der Waals surface area (Å²) in [5, 5.41) is 14.9. The van der Waals surface area contributed by atoms with Crippen LogP contribution in [0.1, 0.15) is 28.8 Å². The van der Waals surface area contributed by atoms with Gasteiger partial charge in [0, 0.05) is 23.0 Å². The van der Waals surface area contributed by atoms with Crippen LogP contribution in [-0.4, -0.2) is 86.4 Å². The van der Waals surface area contributed by atoms with Gasteiger partial charge in [0.25, 0.3) is 5.91 Å². The van der Waals surface area contributed by atoms with E-state index >= 15 is 0 Å². The molecule has 0 saturated carbocycles. The third-order valence-corrected chi connectivity index (χ3v) is 8.30. The van der Waals surface area contributed by atoms with Crippen molar-refractivity contribution in [2.24, 2.45) is 16.5 Å². The van der Waals surface area contributed by atoms with Crippen molar-refractivity contribution >= 4 is 58.0 Å². The van der Waals surface area contributed by atoms with Crippen molar-refractivity contribution in [3.63, 3.8) is 0 Å². The van der Waals surface area contributed by atoms with Gasteiger partial charge in [-0.1, -0.05) is 24.3 Å². The maximum Gasteiger partial charge on any atom is 0.253 e. The molecule has 1 aliphatic rings. The second kappa shape index (κ2) is 17.2. The van der Waals surface area contributed by atoms with Gasteiger partial charge in [-0.15, -0.1) is 0 Å². The van der Waals surface area contributed by atoms with Crippen LogP contribution in [0.5, 0.6) is 0 Å². The van der Waals surface area contributed by atoms with Crippen LogP contribution >= 0.6 is 0 Å². The van der Waals surface area contributed by atoms with E-state index in [1.807, 2.05) is 30.3 Å². The number of nitrogens with one attached hydrogen (secondary N) is 6. The van der Waals surface area contributed by atoms with Crippen LogP contribution in [0.2, 0.25) is 0 Å². The Labute approximate surface area is 263 Å². The predicted octanol–water partition coefficient (Wildman–Crippen LogP) is -1.94. The monoisotopic (exact) mass is 640 g/mol. The van der Waals surface area contributed by atoms with Gasteiger partial charge >= 0.3 is 0 Å². The summed E-state index contributed by atoms with van der Waals surface area (Å²) in [6.07, 6.45) is 2.54. The molecule has 6 amide bonds. The Morgan fingerprint density at radius 2 is 1.42 bits per heavy atom. The summed E-state index contributed by atoms with van der Waals surface area (Å²) in [7, 11) is -0.191. The third kappa shape index (κ3) is 11.8. The molecule has 0 fully saturated rings. The molecule has 0 spiro atoms. The maximum atomic E-state index is 13.5. The van der Waals surface area contributed by atoms with Crippen molar-refractivity contribution in [3.8, 4) is 0 Å². The number of benzene rings is 2. The van der Waals surface area contributed by atoms with Crippen LogP contribution in [0.3, 0.4) is 0 Å². The molecule has 1 heterocycles. The smallest absolute Gasteiger partial charge is 0.253 e. The first-order valence-corrected chi connectivity index (χ1v) is 15.9. The minimum Gasteiger partial charge on any atom is -0.370 e. The quantitative estimate of drug-likeness (QED) is 0.0732. The normalized spacial score (nSPS) is 17.8. The van der Waals surface area contributed by atoms with E-state index in [1.165, 1.54) is 0 Å². The predicted molar refractivity (Wildman–Crippen MR) is 170 cm³/mol. The number of nitrogens with zero attached hydrogens (tertiary/aromatic N) is 1. The van der Waals surface area contributed by atoms with E-state index in [0.717, 1.165) is 10.5 Å². The first-order valence-electron chi connectivity index (χ1n) is 14.1. The lowest BCUT2D eigenvalue weighted by atomic mass is 10.1. The number of anilines is 1. The first kappa shape index (κ1) is 34.4. The van der Waals surface area contributed by atoms with Gasteiger partial charge in [0.15, 0.2) is 10.9 Å². The molecule has 0 aliphatic carbocycles. The third-order valence-electron chi connectivity index (χ3n) is 6.46. The Hall–Kier alpha value is -5.12. The first-order chi connectivity index (χ1) is 21.5. The molecular weight excluding hydrogens is 602 g/mol. The molecule has 240 valence electrons. The average molecular weight is 641 g/mol. The fraction of sp³-hybridized carbons (Fsp3) is 0.345. The summed E-state index contributed by atoms with van der Waals surface area (Å²) >= 11 is 0. The number of aliphatic imine (C=N–C) groups is 1. The van der Waals surface area contributed by atoms with Crippen LogP contribution in [0.4, 0.5) is 5.69 Å². The summed E-state index contributed by atoms with van der Waals surface area (Å²) in [4.78, 5) is 80.9. The summed E-state index contributed by atoms with van der Waals surface area (Å²) in [5.74, 6) is -3.37. The highest BCUT2D eigenvalue weighted by atomic mass is 32.2. The van der Waals surface area contributed by atoms with E-state index in [4.69, 9.17) is 11.5 Å². The summed E-state index contributed by atoms with van der Waals surface area (Å²) < 4.78 is 0. The lowest BCUT2D eigenvalue weighted by molar-refractivity contribution is -0.129. The second-order valence-corrected chi connectivity index (χ2v) is 12.1. The average Bonchev–Trinajstić information content (AvgIpc) is 3.02. The zero-order chi connectivity index (χ0) is 32.8. The molecule has 2 aromatic carbocycles. The zero-order valence-corrected chi connectivity index (χ0v) is 25.6. The van der Waals surface area contributed by atoms with Crippen molar-refractivity contribution < 1.29 is 28.8 Å². The molecule has 0 radical (unpaired) electrons. The van der Waals surface area contributed by atoms with Crippen LogP contribution in [0, 0.1) is 0 Å². The molecule has 0 bridgehead atoms. The number of carbonyl (C=O) groups excluding carboxylic acids is 6. The van der Waals surface area contributed by atoms with Crippen LogP contribution in [-0.2, 0) is 40.6 Å². The Morgan fingerprint density at radius 3 is 2.04 bits per heavy atom. The van der Waals surface area contributed by atoms with E-state index < -0.39 is 67.7 Å². The van der Waals surface area contributed by atoms with Crippen molar-refractivity contribution in [1.82, 2.24) is 26.6 Å². The second-order valence-electron chi connectivity index (χ2n) is 10.0. The van der Waals surface area contributed by atoms with E-state index in [2.05, 4.69) is 43.1 Å². The molecule has 10 N–H and O–H groups in total. The Balaban J connectivity index is 1.90. The zero-order valence-electron chi connectivity index (χ0n) is 24.8. The van der Waals surface area contributed by atoms with Gasteiger partial charge in [0.1, 0.15) is 18.1 Å². The highest BCUT2D eigenvalue weighted by Gasteiger charge is 2.25. The fourth-order valence-corrected chi connectivity index (χ4v) is 5.65. The molecule has 2 atom stereocenters. The fourth-order valence-electron chi connectivity index (χ4n) is 4.18. The Kier molecular flexibility index (Phi) is 13.2. The number of rotatable bonds is 7. The SMILES string of the molecule is C[S+](Cc1ccc2c(c1)C(=O)NCC(=O)NCC(=O)NCC(=O)NCC(=O)N[C@@H](CCCN=C(N)N)C(=O)N2)c1ccccc1. The molecule has 0 saturated heterocycles. The van der Waals surface area contributed by atoms with Gasteiger partial charge in [-0.25, -0.2) is 0 Å². The minimum absolute atomic E-state index is 0.104. The van der Waals surface area contributed by atoms with Crippen molar-refractivity contribution in [3.05, 3.63) is 59.7 Å². The Bertz CT molecular complexity index is 1430. The van der Waals surface area contributed by atoms with Gasteiger partial charge in [-0.2, -0.15) is 0 Å². The molecule has 1 unspecified atom stereocenters. The summed E-state index contributed by atoms with van der Waals surface area (Å²) in [6.45, 7) is -1.59. The standard InChI is InChI=1S/C29H37N9O6S/c1-45(19-6-3-2-4-7-19)17-18-9-10-21-20(12-18)27(43)36-15-25(41)34-13-23(39)33-14-24(40)35-16-26(42)37-22(28(44)38-21)8-5-11-32-29(30)31/h2-4,6-7,9-10,12,22H,5,8,11,13-17H2,1H3,(H9-,30,31,32,33,34,35,36,37,38,39,40,41,42,43,44)/p+1/t22-,45?/m0/s1. The van der Waals surface area contributed by atoms with E-state index in [-0.39, 0.29) is 41.1 Å². The molecule has 0 aromatic heterocycles. The van der Waals surface area contributed by atoms with Crippen molar-refractivity contribution in [2.45, 2.75) is 29.5 Å². The summed E-state index contributed by atoms with van der Waals surface area (Å²) in [5.41, 5.74) is 11.8. The van der Waals surface area contributed by atoms with Gasteiger partial charge in [0.2, 0.25) is 29.5 Å². The lowest BCUT2D eigenvalue weighted by Gasteiger charge is -2.20. The van der Waals surface area contributed by atoms with Crippen LogP contribution in [0.15, 0.2) is 58.4 Å². The van der Waals surface area contributed by atoms with E-state index in [1.54, 1.807) is 18.2 Å². The maximum absolute atomic E-state index is 13.5. The molecule has 16 heteroatoms. The Morgan fingerprint density at radius 1 is 0.822 bits per heavy atom. The minimum atomic E-state index is -1.08. The molecule has 15 nitrogen and oxygen atoms in total. The molecular formula is C29H38N9O6S+. The number of guanidine groups is 1. The highest BCUT2D eigenvalue weighted by molar-refractivity contribution is 7.95. The van der Waals surface area contributed by atoms with Crippen molar-refractivity contribution in [2.75, 3.05) is 44.3 Å². The van der Waals surface area contributed by atoms with Gasteiger partial charge in [0.05, 0.1) is 37.4 Å². The number of nitrogens with two attached hydrogens (primary N) is 2. The largest absolute Gasteiger partial charge is 0.370 e. The number of carbonyl (C=O) groups is 6. The number of fused-ring (bicyclic) bond motifs is 1. The van der Waals surface area contributed by atoms with Crippen LogP contribution < -0.4 is 43.4 Å². The topological polar surface area (TPSA) is 239 Å². The lowest BCUT2D eigenvalue weighted by Crippen LogP contribution is -2.49. The van der Waals surface area contributed by atoms with Crippen LogP contribution in [0.25, 0.3) is 0 Å². The number of amides is 6.